The highest BCUT2D eigenvalue weighted by molar-refractivity contribution is 5.73. The van der Waals surface area contributed by atoms with Crippen LogP contribution >= 0.6 is 0 Å². The second kappa shape index (κ2) is 6.32. The molecule has 106 valence electrons. The van der Waals surface area contributed by atoms with Crippen molar-refractivity contribution >= 4 is 5.97 Å². The van der Waals surface area contributed by atoms with E-state index in [1.165, 1.54) is 5.56 Å². The highest BCUT2D eigenvalue weighted by Crippen LogP contribution is 2.13. The van der Waals surface area contributed by atoms with Crippen molar-refractivity contribution < 1.29 is 27.8 Å². The fraction of sp³-hybridized carbons (Fsp3) is 0.500. The molecule has 0 spiro atoms. The first kappa shape index (κ1) is 15.2. The molecule has 0 unspecified atom stereocenters. The maximum Gasteiger partial charge on any atom is 0.490 e. The van der Waals surface area contributed by atoms with Gasteiger partial charge in [0.05, 0.1) is 12.8 Å². The lowest BCUT2D eigenvalue weighted by Crippen LogP contribution is -2.24. The average molecular weight is 279 g/mol. The minimum atomic E-state index is -5.08. The molecule has 6 nitrogen and oxygen atoms in total. The molecule has 0 bridgehead atoms. The molecule has 1 aromatic rings. The summed E-state index contributed by atoms with van der Waals surface area (Å²) >= 11 is 0. The summed E-state index contributed by atoms with van der Waals surface area (Å²) in [7, 11) is 1.59. The van der Waals surface area contributed by atoms with Gasteiger partial charge < -0.3 is 15.2 Å². The number of carboxylic acid groups (broad SMARTS) is 1. The third-order valence-electron chi connectivity index (χ3n) is 2.21. The SMILES string of the molecule is COc1ncc2c(n1)CCNC2.O=C(O)C(F)(F)F. The van der Waals surface area contributed by atoms with E-state index < -0.39 is 12.1 Å². The molecule has 2 rings (SSSR count). The van der Waals surface area contributed by atoms with Gasteiger partial charge in [0.15, 0.2) is 0 Å². The van der Waals surface area contributed by atoms with E-state index >= 15 is 0 Å². The van der Waals surface area contributed by atoms with E-state index in [0.717, 1.165) is 25.2 Å². The van der Waals surface area contributed by atoms with Crippen molar-refractivity contribution in [2.45, 2.75) is 19.1 Å². The molecule has 9 heteroatoms. The van der Waals surface area contributed by atoms with Crippen LogP contribution in [0.1, 0.15) is 11.3 Å². The van der Waals surface area contributed by atoms with Crippen LogP contribution in [0.3, 0.4) is 0 Å². The van der Waals surface area contributed by atoms with Gasteiger partial charge in [-0.15, -0.1) is 0 Å². The molecule has 0 aliphatic carbocycles. The van der Waals surface area contributed by atoms with Crippen molar-refractivity contribution in [1.82, 2.24) is 15.3 Å². The number of carbonyl (C=O) groups is 1. The Balaban J connectivity index is 0.000000224. The Bertz CT molecular complexity index is 451. The number of hydrogen-bond acceptors (Lipinski definition) is 5. The normalized spacial score (nSPS) is 13.9. The first-order valence-electron chi connectivity index (χ1n) is 5.24. The van der Waals surface area contributed by atoms with Crippen molar-refractivity contribution in [2.24, 2.45) is 0 Å². The Kier molecular flexibility index (Phi) is 5.04. The summed E-state index contributed by atoms with van der Waals surface area (Å²) in [5.41, 5.74) is 2.29. The van der Waals surface area contributed by atoms with E-state index in [1.54, 1.807) is 7.11 Å². The van der Waals surface area contributed by atoms with E-state index in [9.17, 15) is 13.2 Å². The van der Waals surface area contributed by atoms with Gasteiger partial charge in [-0.2, -0.15) is 18.2 Å². The standard InChI is InChI=1S/C8H11N3O.C2HF3O2/c1-12-8-10-5-6-4-9-3-2-7(6)11-8;3-2(4,5)1(6)7/h5,9H,2-4H2,1H3;(H,6,7). The monoisotopic (exact) mass is 279 g/mol. The number of nitrogens with one attached hydrogen (secondary N) is 1. The summed E-state index contributed by atoms with van der Waals surface area (Å²) in [4.78, 5) is 17.2. The molecule has 2 N–H and O–H groups in total. The lowest BCUT2D eigenvalue weighted by atomic mass is 10.1. The molecule has 2 heterocycles. The Morgan fingerprint density at radius 1 is 1.53 bits per heavy atom. The molecule has 0 radical (unpaired) electrons. The third-order valence-corrected chi connectivity index (χ3v) is 2.21. The van der Waals surface area contributed by atoms with E-state index in [4.69, 9.17) is 14.6 Å². The quantitative estimate of drug-likeness (QED) is 0.789. The number of carboxylic acids is 1. The van der Waals surface area contributed by atoms with Crippen molar-refractivity contribution in [3.63, 3.8) is 0 Å². The number of fused-ring (bicyclic) bond motifs is 1. The van der Waals surface area contributed by atoms with Crippen LogP contribution in [-0.2, 0) is 17.8 Å². The fourth-order valence-electron chi connectivity index (χ4n) is 1.32. The Morgan fingerprint density at radius 3 is 2.68 bits per heavy atom. The molecule has 1 aromatic heterocycles. The highest BCUT2D eigenvalue weighted by atomic mass is 19.4. The number of halogens is 3. The molecule has 0 fully saturated rings. The Labute approximate surface area is 106 Å². The minimum Gasteiger partial charge on any atom is -0.475 e. The van der Waals surface area contributed by atoms with Crippen LogP contribution in [0.5, 0.6) is 6.01 Å². The van der Waals surface area contributed by atoms with Gasteiger partial charge in [-0.25, -0.2) is 9.78 Å². The molecule has 0 aromatic carbocycles. The number of alkyl halides is 3. The molecule has 0 amide bonds. The van der Waals surface area contributed by atoms with E-state index in [2.05, 4.69) is 15.3 Å². The van der Waals surface area contributed by atoms with Gasteiger partial charge >= 0.3 is 18.2 Å². The number of methoxy groups -OCH3 is 1. The highest BCUT2D eigenvalue weighted by Gasteiger charge is 2.38. The zero-order valence-electron chi connectivity index (χ0n) is 9.99. The van der Waals surface area contributed by atoms with Gasteiger partial charge in [-0.05, 0) is 0 Å². The maximum atomic E-state index is 10.6. The second-order valence-corrected chi connectivity index (χ2v) is 3.56. The zero-order valence-corrected chi connectivity index (χ0v) is 9.99. The van der Waals surface area contributed by atoms with Gasteiger partial charge in [0.2, 0.25) is 0 Å². The molecule has 1 aliphatic heterocycles. The number of hydrogen-bond donors (Lipinski definition) is 2. The van der Waals surface area contributed by atoms with Crippen molar-refractivity contribution in [3.8, 4) is 6.01 Å². The van der Waals surface area contributed by atoms with E-state index in [-0.39, 0.29) is 0 Å². The second-order valence-electron chi connectivity index (χ2n) is 3.56. The van der Waals surface area contributed by atoms with Crippen molar-refractivity contribution in [3.05, 3.63) is 17.5 Å². The van der Waals surface area contributed by atoms with Crippen molar-refractivity contribution in [2.75, 3.05) is 13.7 Å². The molecule has 0 atom stereocenters. The van der Waals surface area contributed by atoms with Crippen LogP contribution < -0.4 is 10.1 Å². The molecule has 0 saturated heterocycles. The molecule has 19 heavy (non-hydrogen) atoms. The molecule has 0 saturated carbocycles. The molecular formula is C10H12F3N3O3. The van der Waals surface area contributed by atoms with Crippen LogP contribution in [0.2, 0.25) is 0 Å². The van der Waals surface area contributed by atoms with Crippen molar-refractivity contribution in [1.29, 1.82) is 0 Å². The molecular weight excluding hydrogens is 267 g/mol. The van der Waals surface area contributed by atoms with Crippen LogP contribution in [-0.4, -0.2) is 40.9 Å². The van der Waals surface area contributed by atoms with Crippen LogP contribution in [0, 0.1) is 0 Å². The summed E-state index contributed by atoms with van der Waals surface area (Å²) < 4.78 is 36.7. The van der Waals surface area contributed by atoms with Crippen LogP contribution in [0.15, 0.2) is 6.20 Å². The van der Waals surface area contributed by atoms with Gasteiger partial charge in [-0.1, -0.05) is 0 Å². The van der Waals surface area contributed by atoms with E-state index in [0.29, 0.717) is 6.01 Å². The van der Waals surface area contributed by atoms with Gasteiger partial charge in [0, 0.05) is 31.3 Å². The summed E-state index contributed by atoms with van der Waals surface area (Å²) in [5, 5.41) is 10.4. The first-order valence-corrected chi connectivity index (χ1v) is 5.24. The Morgan fingerprint density at radius 2 is 2.16 bits per heavy atom. The maximum absolute atomic E-state index is 10.6. The van der Waals surface area contributed by atoms with E-state index in [1.807, 2.05) is 6.20 Å². The number of nitrogens with zero attached hydrogens (tertiary/aromatic N) is 2. The summed E-state index contributed by atoms with van der Waals surface area (Å²) in [6.07, 6.45) is -2.29. The average Bonchev–Trinajstić information content (AvgIpc) is 2.37. The van der Waals surface area contributed by atoms with Crippen LogP contribution in [0.4, 0.5) is 13.2 Å². The summed E-state index contributed by atoms with van der Waals surface area (Å²) in [5.74, 6) is -2.76. The molecule has 1 aliphatic rings. The number of ether oxygens (including phenoxy) is 1. The number of rotatable bonds is 1. The first-order chi connectivity index (χ1) is 8.84. The zero-order chi connectivity index (χ0) is 14.5. The minimum absolute atomic E-state index is 0.468. The van der Waals surface area contributed by atoms with Gasteiger partial charge in [0.1, 0.15) is 0 Å². The Hall–Kier alpha value is -1.90. The topological polar surface area (TPSA) is 84.3 Å². The lowest BCUT2D eigenvalue weighted by molar-refractivity contribution is -0.192. The number of aliphatic carboxylic acids is 1. The number of aromatic nitrogens is 2. The van der Waals surface area contributed by atoms with Gasteiger partial charge in [-0.3, -0.25) is 0 Å². The summed E-state index contributed by atoms with van der Waals surface area (Å²) in [6, 6.07) is 0.468. The largest absolute Gasteiger partial charge is 0.490 e. The predicted octanol–water partition coefficient (Wildman–Crippen LogP) is 0.764. The fourth-order valence-corrected chi connectivity index (χ4v) is 1.32. The lowest BCUT2D eigenvalue weighted by Gasteiger charge is -2.15. The smallest absolute Gasteiger partial charge is 0.475 e. The third kappa shape index (κ3) is 4.70. The van der Waals surface area contributed by atoms with Crippen LogP contribution in [0.25, 0.3) is 0 Å². The summed E-state index contributed by atoms with van der Waals surface area (Å²) in [6.45, 7) is 1.87. The van der Waals surface area contributed by atoms with Gasteiger partial charge in [0.25, 0.3) is 0 Å². The predicted molar refractivity (Wildman–Crippen MR) is 57.7 cm³/mol.